The lowest BCUT2D eigenvalue weighted by molar-refractivity contribution is -0.119. The van der Waals surface area contributed by atoms with Gasteiger partial charge in [0.1, 0.15) is 5.69 Å². The molecule has 17 heavy (non-hydrogen) atoms. The second-order valence-corrected chi connectivity index (χ2v) is 3.28. The number of hydrazine groups is 1. The van der Waals surface area contributed by atoms with E-state index >= 15 is 0 Å². The molecule has 0 saturated heterocycles. The fraction of sp³-hybridized carbons (Fsp3) is 0.100. The van der Waals surface area contributed by atoms with Crippen LogP contribution in [-0.2, 0) is 4.79 Å². The largest absolute Gasteiger partial charge is 0.463 e. The van der Waals surface area contributed by atoms with Crippen LogP contribution >= 0.6 is 0 Å². The van der Waals surface area contributed by atoms with E-state index in [9.17, 15) is 9.59 Å². The van der Waals surface area contributed by atoms with Gasteiger partial charge in [-0.25, -0.2) is 0 Å². The molecule has 0 spiro atoms. The van der Waals surface area contributed by atoms with Gasteiger partial charge in [-0.15, -0.1) is 0 Å². The molecular formula is C10H10N4O3. The molecule has 7 nitrogen and oxygen atoms in total. The van der Waals surface area contributed by atoms with Crippen LogP contribution in [0, 0.1) is 0 Å². The predicted molar refractivity (Wildman–Crippen MR) is 57.6 cm³/mol. The quantitative estimate of drug-likeness (QED) is 0.657. The standard InChI is InChI=1S/C10H10N4O3/c1-6(15)11-14-10(16)8-5-7(12-13-8)9-3-2-4-17-9/h2-5H,1H3,(H,11,15)(H,12,13)(H,14,16). The molecule has 2 heterocycles. The Hall–Kier alpha value is -2.57. The molecular weight excluding hydrogens is 224 g/mol. The van der Waals surface area contributed by atoms with Gasteiger partial charge in [-0.1, -0.05) is 0 Å². The van der Waals surface area contributed by atoms with Gasteiger partial charge in [0.15, 0.2) is 11.5 Å². The molecule has 0 saturated carbocycles. The van der Waals surface area contributed by atoms with Crippen molar-refractivity contribution in [3.8, 4) is 11.5 Å². The second kappa shape index (κ2) is 4.52. The summed E-state index contributed by atoms with van der Waals surface area (Å²) in [5.41, 5.74) is 5.12. The molecule has 88 valence electrons. The minimum absolute atomic E-state index is 0.158. The lowest BCUT2D eigenvalue weighted by Crippen LogP contribution is -2.40. The number of aromatic nitrogens is 2. The van der Waals surface area contributed by atoms with Crippen LogP contribution in [0.1, 0.15) is 17.4 Å². The summed E-state index contributed by atoms with van der Waals surface area (Å²) in [4.78, 5) is 22.1. The fourth-order valence-corrected chi connectivity index (χ4v) is 1.20. The second-order valence-electron chi connectivity index (χ2n) is 3.28. The average molecular weight is 234 g/mol. The first kappa shape index (κ1) is 10.9. The molecule has 0 bridgehead atoms. The molecule has 0 aliphatic rings. The van der Waals surface area contributed by atoms with Crippen LogP contribution in [0.25, 0.3) is 11.5 Å². The zero-order valence-electron chi connectivity index (χ0n) is 8.98. The SMILES string of the molecule is CC(=O)NNC(=O)c1cc(-c2ccco2)[nH]n1. The summed E-state index contributed by atoms with van der Waals surface area (Å²) in [5, 5.41) is 6.46. The van der Waals surface area contributed by atoms with Crippen LogP contribution < -0.4 is 10.9 Å². The van der Waals surface area contributed by atoms with Crippen molar-refractivity contribution in [2.75, 3.05) is 0 Å². The Morgan fingerprint density at radius 3 is 2.88 bits per heavy atom. The Morgan fingerprint density at radius 2 is 2.24 bits per heavy atom. The van der Waals surface area contributed by atoms with Crippen LogP contribution in [0.5, 0.6) is 0 Å². The summed E-state index contributed by atoms with van der Waals surface area (Å²) in [6.45, 7) is 1.29. The van der Waals surface area contributed by atoms with Crippen LogP contribution in [0.15, 0.2) is 28.9 Å². The molecule has 3 N–H and O–H groups in total. The van der Waals surface area contributed by atoms with Crippen molar-refractivity contribution in [2.45, 2.75) is 6.92 Å². The Morgan fingerprint density at radius 1 is 1.41 bits per heavy atom. The van der Waals surface area contributed by atoms with Gasteiger partial charge in [0, 0.05) is 13.0 Å². The van der Waals surface area contributed by atoms with Gasteiger partial charge in [0.2, 0.25) is 5.91 Å². The van der Waals surface area contributed by atoms with E-state index in [1.807, 2.05) is 0 Å². The summed E-state index contributed by atoms with van der Waals surface area (Å²) in [6.07, 6.45) is 1.52. The molecule has 2 aromatic heterocycles. The van der Waals surface area contributed by atoms with E-state index in [1.165, 1.54) is 19.3 Å². The first-order valence-electron chi connectivity index (χ1n) is 4.83. The first-order valence-corrected chi connectivity index (χ1v) is 4.83. The van der Waals surface area contributed by atoms with Crippen molar-refractivity contribution in [2.24, 2.45) is 0 Å². The highest BCUT2D eigenvalue weighted by molar-refractivity contribution is 5.94. The van der Waals surface area contributed by atoms with Gasteiger partial charge in [-0.2, -0.15) is 5.10 Å². The Labute approximate surface area is 96.2 Å². The number of carbonyl (C=O) groups excluding carboxylic acids is 2. The van der Waals surface area contributed by atoms with Gasteiger partial charge < -0.3 is 4.42 Å². The smallest absolute Gasteiger partial charge is 0.290 e. The minimum Gasteiger partial charge on any atom is -0.463 e. The molecule has 2 amide bonds. The zero-order valence-corrected chi connectivity index (χ0v) is 8.98. The lowest BCUT2D eigenvalue weighted by atomic mass is 10.3. The monoisotopic (exact) mass is 234 g/mol. The third kappa shape index (κ3) is 2.51. The van der Waals surface area contributed by atoms with Crippen molar-refractivity contribution in [3.63, 3.8) is 0 Å². The van der Waals surface area contributed by atoms with E-state index in [0.717, 1.165) is 0 Å². The normalized spacial score (nSPS) is 9.94. The third-order valence-corrected chi connectivity index (χ3v) is 1.95. The average Bonchev–Trinajstić information content (AvgIpc) is 2.94. The van der Waals surface area contributed by atoms with Gasteiger partial charge in [-0.3, -0.25) is 25.5 Å². The topological polar surface area (TPSA) is 100 Å². The number of hydrogen-bond donors (Lipinski definition) is 3. The number of nitrogens with zero attached hydrogens (tertiary/aromatic N) is 1. The van der Waals surface area contributed by atoms with E-state index in [-0.39, 0.29) is 11.6 Å². The number of H-pyrrole nitrogens is 1. The number of hydrogen-bond acceptors (Lipinski definition) is 4. The number of furan rings is 1. The number of aromatic amines is 1. The van der Waals surface area contributed by atoms with E-state index in [1.54, 1.807) is 12.1 Å². The predicted octanol–water partition coefficient (Wildman–Crippen LogP) is 0.451. The van der Waals surface area contributed by atoms with Crippen molar-refractivity contribution in [3.05, 3.63) is 30.2 Å². The van der Waals surface area contributed by atoms with Gasteiger partial charge >= 0.3 is 0 Å². The van der Waals surface area contributed by atoms with Crippen molar-refractivity contribution in [1.29, 1.82) is 0 Å². The van der Waals surface area contributed by atoms with Crippen LogP contribution in [0.3, 0.4) is 0 Å². The molecule has 0 aromatic carbocycles. The molecule has 0 fully saturated rings. The van der Waals surface area contributed by atoms with E-state index in [4.69, 9.17) is 4.42 Å². The van der Waals surface area contributed by atoms with Gasteiger partial charge in [-0.05, 0) is 12.1 Å². The number of amides is 2. The Kier molecular flexibility index (Phi) is 2.91. The van der Waals surface area contributed by atoms with E-state index < -0.39 is 5.91 Å². The maximum atomic E-state index is 11.5. The zero-order chi connectivity index (χ0) is 12.3. The summed E-state index contributed by atoms with van der Waals surface area (Å²) in [6, 6.07) is 4.99. The first-order chi connectivity index (χ1) is 8.16. The maximum absolute atomic E-state index is 11.5. The fourth-order valence-electron chi connectivity index (χ4n) is 1.20. The highest BCUT2D eigenvalue weighted by Crippen LogP contribution is 2.17. The highest BCUT2D eigenvalue weighted by Gasteiger charge is 2.12. The number of nitrogens with one attached hydrogen (secondary N) is 3. The van der Waals surface area contributed by atoms with Gasteiger partial charge in [0.25, 0.3) is 5.91 Å². The third-order valence-electron chi connectivity index (χ3n) is 1.95. The Bertz CT molecular complexity index is 530. The number of carbonyl (C=O) groups is 2. The van der Waals surface area contributed by atoms with E-state index in [2.05, 4.69) is 21.0 Å². The molecule has 0 unspecified atom stereocenters. The lowest BCUT2D eigenvalue weighted by Gasteiger charge is -2.00. The maximum Gasteiger partial charge on any atom is 0.290 e. The molecule has 7 heteroatoms. The summed E-state index contributed by atoms with van der Waals surface area (Å²) in [5.74, 6) is -0.287. The molecule has 2 aromatic rings. The van der Waals surface area contributed by atoms with Crippen LogP contribution in [0.2, 0.25) is 0 Å². The highest BCUT2D eigenvalue weighted by atomic mass is 16.3. The number of rotatable bonds is 2. The summed E-state index contributed by atoms with van der Waals surface area (Å²) < 4.78 is 5.14. The molecule has 0 aliphatic heterocycles. The van der Waals surface area contributed by atoms with Gasteiger partial charge in [0.05, 0.1) is 6.26 Å². The molecule has 2 rings (SSSR count). The summed E-state index contributed by atoms with van der Waals surface area (Å²) >= 11 is 0. The van der Waals surface area contributed by atoms with Crippen molar-refractivity contribution < 1.29 is 14.0 Å². The molecule has 0 radical (unpaired) electrons. The van der Waals surface area contributed by atoms with Crippen molar-refractivity contribution >= 4 is 11.8 Å². The minimum atomic E-state index is -0.505. The van der Waals surface area contributed by atoms with E-state index in [0.29, 0.717) is 11.5 Å². The molecule has 0 atom stereocenters. The molecule has 0 aliphatic carbocycles. The van der Waals surface area contributed by atoms with Crippen molar-refractivity contribution in [1.82, 2.24) is 21.0 Å². The van der Waals surface area contributed by atoms with Crippen LogP contribution in [0.4, 0.5) is 0 Å². The summed E-state index contributed by atoms with van der Waals surface area (Å²) in [7, 11) is 0. The van der Waals surface area contributed by atoms with Crippen LogP contribution in [-0.4, -0.2) is 22.0 Å². The Balaban J connectivity index is 2.08.